The van der Waals surface area contributed by atoms with E-state index in [-0.39, 0.29) is 11.4 Å². The smallest absolute Gasteiger partial charge is 0.129 e. The molecule has 0 bridgehead atoms. The lowest BCUT2D eigenvalue weighted by atomic mass is 10.0. The zero-order valence-electron chi connectivity index (χ0n) is 9.32. The molecule has 0 aromatic heterocycles. The minimum atomic E-state index is -0.241. The van der Waals surface area contributed by atoms with Crippen LogP contribution in [0.3, 0.4) is 0 Å². The molecule has 1 aliphatic heterocycles. The predicted octanol–water partition coefficient (Wildman–Crippen LogP) is 2.32. The summed E-state index contributed by atoms with van der Waals surface area (Å²) in [7, 11) is 0. The zero-order valence-corrected chi connectivity index (χ0v) is 10.1. The molecule has 0 saturated carbocycles. The molecule has 2 nitrogen and oxygen atoms in total. The van der Waals surface area contributed by atoms with Crippen molar-refractivity contribution < 1.29 is 4.39 Å². The summed E-state index contributed by atoms with van der Waals surface area (Å²) < 4.78 is 13.5. The Morgan fingerprint density at radius 3 is 3.00 bits per heavy atom. The van der Waals surface area contributed by atoms with E-state index in [4.69, 9.17) is 11.6 Å². The minimum absolute atomic E-state index is 0.0755. The van der Waals surface area contributed by atoms with Gasteiger partial charge in [0.25, 0.3) is 0 Å². The van der Waals surface area contributed by atoms with E-state index in [1.54, 1.807) is 12.1 Å². The Morgan fingerprint density at radius 1 is 1.56 bits per heavy atom. The van der Waals surface area contributed by atoms with Gasteiger partial charge >= 0.3 is 0 Å². The molecule has 88 valence electrons. The topological polar surface area (TPSA) is 24.1 Å². The van der Waals surface area contributed by atoms with E-state index in [0.29, 0.717) is 17.1 Å². The van der Waals surface area contributed by atoms with Crippen molar-refractivity contribution in [3.63, 3.8) is 0 Å². The Kier molecular flexibility index (Phi) is 3.47. The van der Waals surface area contributed by atoms with Crippen molar-refractivity contribution in [2.75, 3.05) is 13.1 Å². The molecule has 1 heterocycles. The minimum Gasteiger partial charge on any atom is -0.315 e. The molecule has 1 aromatic carbocycles. The molecule has 1 saturated heterocycles. The lowest BCUT2D eigenvalue weighted by molar-refractivity contribution is 0.382. The van der Waals surface area contributed by atoms with E-state index in [0.717, 1.165) is 19.5 Å². The van der Waals surface area contributed by atoms with E-state index in [2.05, 4.69) is 17.6 Å². The van der Waals surface area contributed by atoms with Gasteiger partial charge in [-0.3, -0.25) is 0 Å². The molecule has 0 amide bonds. The van der Waals surface area contributed by atoms with Crippen LogP contribution in [-0.4, -0.2) is 18.6 Å². The molecule has 1 fully saturated rings. The third-order valence-electron chi connectivity index (χ3n) is 3.09. The standard InChI is InChI=1S/C12H16ClFN2/c1-12(4-5-15-8-12)16-7-9-2-3-10(13)6-11(9)14/h2-3,6,15-16H,4-5,7-8H2,1H3. The number of hydrogen-bond acceptors (Lipinski definition) is 2. The average molecular weight is 243 g/mol. The van der Waals surface area contributed by atoms with Crippen LogP contribution in [0.1, 0.15) is 18.9 Å². The molecular weight excluding hydrogens is 227 g/mol. The summed E-state index contributed by atoms with van der Waals surface area (Å²) in [5, 5.41) is 7.12. The van der Waals surface area contributed by atoms with Crippen molar-refractivity contribution in [2.45, 2.75) is 25.4 Å². The molecule has 1 aromatic rings. The van der Waals surface area contributed by atoms with Crippen LogP contribution < -0.4 is 10.6 Å². The van der Waals surface area contributed by atoms with Crippen LogP contribution in [0, 0.1) is 5.82 Å². The molecule has 0 aliphatic carbocycles. The third-order valence-corrected chi connectivity index (χ3v) is 3.32. The quantitative estimate of drug-likeness (QED) is 0.850. The van der Waals surface area contributed by atoms with Gasteiger partial charge in [0, 0.05) is 29.2 Å². The molecule has 1 atom stereocenters. The summed E-state index contributed by atoms with van der Waals surface area (Å²) in [6, 6.07) is 4.81. The molecule has 1 unspecified atom stereocenters. The monoisotopic (exact) mass is 242 g/mol. The van der Waals surface area contributed by atoms with E-state index >= 15 is 0 Å². The maximum atomic E-state index is 13.5. The second-order valence-electron chi connectivity index (χ2n) is 4.58. The SMILES string of the molecule is CC1(NCc2ccc(Cl)cc2F)CCNC1. The van der Waals surface area contributed by atoms with Crippen molar-refractivity contribution in [3.05, 3.63) is 34.6 Å². The third kappa shape index (κ3) is 2.73. The Hall–Kier alpha value is -0.640. The van der Waals surface area contributed by atoms with Gasteiger partial charge < -0.3 is 10.6 Å². The summed E-state index contributed by atoms with van der Waals surface area (Å²) in [6.45, 7) is 4.65. The van der Waals surface area contributed by atoms with Crippen molar-refractivity contribution in [1.29, 1.82) is 0 Å². The van der Waals surface area contributed by atoms with Crippen molar-refractivity contribution in [2.24, 2.45) is 0 Å². The molecule has 4 heteroatoms. The number of rotatable bonds is 3. The Bertz CT molecular complexity index is 375. The molecule has 16 heavy (non-hydrogen) atoms. The largest absolute Gasteiger partial charge is 0.315 e. The van der Waals surface area contributed by atoms with Gasteiger partial charge in [0.05, 0.1) is 0 Å². The Morgan fingerprint density at radius 2 is 2.38 bits per heavy atom. The Balaban J connectivity index is 1.99. The summed E-state index contributed by atoms with van der Waals surface area (Å²) in [4.78, 5) is 0. The Labute approximate surface area is 100 Å². The lowest BCUT2D eigenvalue weighted by Crippen LogP contribution is -2.43. The molecule has 0 spiro atoms. The fourth-order valence-corrected chi connectivity index (χ4v) is 2.10. The second kappa shape index (κ2) is 4.70. The van der Waals surface area contributed by atoms with Gasteiger partial charge in [-0.1, -0.05) is 17.7 Å². The number of nitrogens with one attached hydrogen (secondary N) is 2. The first-order valence-electron chi connectivity index (χ1n) is 5.49. The first-order valence-corrected chi connectivity index (χ1v) is 5.87. The maximum Gasteiger partial charge on any atom is 0.129 e. The summed E-state index contributed by atoms with van der Waals surface area (Å²) >= 11 is 5.70. The second-order valence-corrected chi connectivity index (χ2v) is 5.01. The molecular formula is C12H16ClFN2. The summed E-state index contributed by atoms with van der Waals surface area (Å²) in [6.07, 6.45) is 1.07. The van der Waals surface area contributed by atoms with E-state index in [9.17, 15) is 4.39 Å². The van der Waals surface area contributed by atoms with Gasteiger partial charge in [0.15, 0.2) is 0 Å². The maximum absolute atomic E-state index is 13.5. The highest BCUT2D eigenvalue weighted by molar-refractivity contribution is 6.30. The van der Waals surface area contributed by atoms with Crippen molar-refractivity contribution >= 4 is 11.6 Å². The normalized spacial score (nSPS) is 24.9. The van der Waals surface area contributed by atoms with E-state index in [1.807, 2.05) is 0 Å². The van der Waals surface area contributed by atoms with Crippen LogP contribution in [0.4, 0.5) is 4.39 Å². The van der Waals surface area contributed by atoms with E-state index in [1.165, 1.54) is 6.07 Å². The fraction of sp³-hybridized carbons (Fsp3) is 0.500. The van der Waals surface area contributed by atoms with Gasteiger partial charge in [-0.2, -0.15) is 0 Å². The lowest BCUT2D eigenvalue weighted by Gasteiger charge is -2.24. The molecule has 1 aliphatic rings. The highest BCUT2D eigenvalue weighted by atomic mass is 35.5. The predicted molar refractivity (Wildman–Crippen MR) is 64.1 cm³/mol. The van der Waals surface area contributed by atoms with Gasteiger partial charge in [-0.15, -0.1) is 0 Å². The number of hydrogen-bond donors (Lipinski definition) is 2. The van der Waals surface area contributed by atoms with Gasteiger partial charge in [0.2, 0.25) is 0 Å². The highest BCUT2D eigenvalue weighted by Gasteiger charge is 2.27. The summed E-state index contributed by atoms with van der Waals surface area (Å²) in [5.74, 6) is -0.241. The van der Waals surface area contributed by atoms with Gasteiger partial charge in [-0.25, -0.2) is 4.39 Å². The van der Waals surface area contributed by atoms with Crippen LogP contribution in [0.15, 0.2) is 18.2 Å². The van der Waals surface area contributed by atoms with Gasteiger partial charge in [0.1, 0.15) is 5.82 Å². The van der Waals surface area contributed by atoms with Crippen LogP contribution in [0.2, 0.25) is 5.02 Å². The van der Waals surface area contributed by atoms with Crippen LogP contribution >= 0.6 is 11.6 Å². The van der Waals surface area contributed by atoms with Crippen LogP contribution in [0.5, 0.6) is 0 Å². The molecule has 0 radical (unpaired) electrons. The van der Waals surface area contributed by atoms with E-state index < -0.39 is 0 Å². The van der Waals surface area contributed by atoms with Crippen molar-refractivity contribution in [1.82, 2.24) is 10.6 Å². The molecule has 2 N–H and O–H groups in total. The first-order chi connectivity index (χ1) is 7.59. The molecule has 2 rings (SSSR count). The van der Waals surface area contributed by atoms with Crippen LogP contribution in [0.25, 0.3) is 0 Å². The first kappa shape index (κ1) is 11.8. The van der Waals surface area contributed by atoms with Crippen LogP contribution in [-0.2, 0) is 6.54 Å². The fourth-order valence-electron chi connectivity index (χ4n) is 1.94. The average Bonchev–Trinajstić information content (AvgIpc) is 2.64. The zero-order chi connectivity index (χ0) is 11.6. The van der Waals surface area contributed by atoms with Crippen molar-refractivity contribution in [3.8, 4) is 0 Å². The van der Waals surface area contributed by atoms with Gasteiger partial charge in [-0.05, 0) is 32.0 Å². The number of halogens is 2. The summed E-state index contributed by atoms with van der Waals surface area (Å²) in [5.41, 5.74) is 0.740. The number of benzene rings is 1. The highest BCUT2D eigenvalue weighted by Crippen LogP contribution is 2.17.